The molecule has 1 saturated carbocycles. The van der Waals surface area contributed by atoms with Crippen LogP contribution in [-0.4, -0.2) is 89.7 Å². The van der Waals surface area contributed by atoms with Crippen LogP contribution < -0.4 is 20.3 Å². The maximum absolute atomic E-state index is 13.5. The highest BCUT2D eigenvalue weighted by Gasteiger charge is 2.64. The van der Waals surface area contributed by atoms with Crippen LogP contribution in [0.25, 0.3) is 0 Å². The van der Waals surface area contributed by atoms with E-state index in [1.807, 2.05) is 36.4 Å². The predicted octanol–water partition coefficient (Wildman–Crippen LogP) is 5.29. The lowest BCUT2D eigenvalue weighted by molar-refractivity contribution is -0.164. The molecule has 0 bridgehead atoms. The summed E-state index contributed by atoms with van der Waals surface area (Å²) in [7, 11) is 0. The van der Waals surface area contributed by atoms with Gasteiger partial charge in [-0.3, -0.25) is 39.1 Å². The van der Waals surface area contributed by atoms with Crippen molar-refractivity contribution in [2.75, 3.05) is 31.1 Å². The zero-order valence-electron chi connectivity index (χ0n) is 33.2. The van der Waals surface area contributed by atoms with Gasteiger partial charge in [0.15, 0.2) is 0 Å². The van der Waals surface area contributed by atoms with E-state index in [4.69, 9.17) is 16.3 Å². The normalized spacial score (nSPS) is 25.7. The Morgan fingerprint density at radius 2 is 1.50 bits per heavy atom. The van der Waals surface area contributed by atoms with Gasteiger partial charge in [0.2, 0.25) is 11.8 Å². The zero-order chi connectivity index (χ0) is 40.9. The highest BCUT2D eigenvalue weighted by atomic mass is 35.5. The molecule has 0 aromatic heterocycles. The second-order valence-electron chi connectivity index (χ2n) is 18.4. The number of fused-ring (bicyclic) bond motifs is 2. The van der Waals surface area contributed by atoms with E-state index >= 15 is 0 Å². The number of hydrogen-bond donors (Lipinski definition) is 2. The van der Waals surface area contributed by atoms with Crippen molar-refractivity contribution in [1.82, 2.24) is 20.4 Å². The third-order valence-electron chi connectivity index (χ3n) is 13.9. The van der Waals surface area contributed by atoms with Crippen LogP contribution in [0.5, 0.6) is 5.75 Å². The molecule has 58 heavy (non-hydrogen) atoms. The molecule has 6 aliphatic rings. The van der Waals surface area contributed by atoms with Gasteiger partial charge in [0, 0.05) is 78.2 Å². The summed E-state index contributed by atoms with van der Waals surface area (Å²) in [5.41, 5.74) is 4.46. The van der Waals surface area contributed by atoms with Gasteiger partial charge in [-0.2, -0.15) is 5.26 Å². The molecule has 9 rings (SSSR count). The molecule has 0 radical (unpaired) electrons. The van der Waals surface area contributed by atoms with E-state index in [1.54, 1.807) is 18.2 Å². The molecule has 13 heteroatoms. The Bertz CT molecular complexity index is 2260. The first-order valence-electron chi connectivity index (χ1n) is 20.2. The molecular formula is C45H47ClN6O6. The van der Waals surface area contributed by atoms with Crippen molar-refractivity contribution in [2.24, 2.45) is 16.2 Å². The number of nitrogens with one attached hydrogen (secondary N) is 2. The molecule has 1 unspecified atom stereocenters. The van der Waals surface area contributed by atoms with Crippen LogP contribution >= 0.6 is 11.6 Å². The van der Waals surface area contributed by atoms with Gasteiger partial charge in [0.1, 0.15) is 24.0 Å². The van der Waals surface area contributed by atoms with Crippen LogP contribution in [0.4, 0.5) is 5.69 Å². The SMILES string of the molecule is CC1(C)C(NC(=O)c2ccc(N3CCC(N4CC5(Cc6cc7c(cc6C5)C(=O)N(C5CCC(=O)NC5=O)C7=O)C4)CC3)cc2)C(C)(C)C1Oc1ccc(C#N)c(Cl)c1. The summed E-state index contributed by atoms with van der Waals surface area (Å²) in [6, 6.07) is 18.2. The summed E-state index contributed by atoms with van der Waals surface area (Å²) >= 11 is 6.25. The fourth-order valence-electron chi connectivity index (χ4n) is 11.2. The Labute approximate surface area is 342 Å². The number of amides is 5. The highest BCUT2D eigenvalue weighted by Crippen LogP contribution is 2.56. The van der Waals surface area contributed by atoms with E-state index in [0.717, 1.165) is 73.6 Å². The van der Waals surface area contributed by atoms with Crippen LogP contribution in [0.2, 0.25) is 5.02 Å². The number of halogens is 1. The number of ether oxygens (including phenoxy) is 1. The Hall–Kier alpha value is -5.25. The van der Waals surface area contributed by atoms with Crippen molar-refractivity contribution in [3.8, 4) is 11.8 Å². The number of carbonyl (C=O) groups excluding carboxylic acids is 5. The van der Waals surface area contributed by atoms with E-state index < -0.39 is 23.8 Å². The highest BCUT2D eigenvalue weighted by molar-refractivity contribution is 6.31. The lowest BCUT2D eigenvalue weighted by Gasteiger charge is -2.63. The maximum atomic E-state index is 13.5. The number of nitriles is 1. The quantitative estimate of drug-likeness (QED) is 0.304. The largest absolute Gasteiger partial charge is 0.489 e. The van der Waals surface area contributed by atoms with Crippen LogP contribution in [0.1, 0.15) is 101 Å². The van der Waals surface area contributed by atoms with Crippen molar-refractivity contribution in [3.05, 3.63) is 93.0 Å². The number of rotatable bonds is 7. The average molecular weight is 803 g/mol. The lowest BCUT2D eigenvalue weighted by Crippen LogP contribution is -2.74. The number of piperidine rings is 2. The fourth-order valence-corrected chi connectivity index (χ4v) is 11.4. The molecular weight excluding hydrogens is 756 g/mol. The average Bonchev–Trinajstić information content (AvgIpc) is 3.68. The Kier molecular flexibility index (Phi) is 9.02. The van der Waals surface area contributed by atoms with Crippen molar-refractivity contribution in [3.63, 3.8) is 0 Å². The molecule has 3 saturated heterocycles. The minimum absolute atomic E-state index is 0.101. The van der Waals surface area contributed by atoms with Gasteiger partial charge in [-0.15, -0.1) is 0 Å². The van der Waals surface area contributed by atoms with Gasteiger partial charge < -0.3 is 15.0 Å². The second kappa shape index (κ2) is 13.7. The third-order valence-corrected chi connectivity index (χ3v) is 14.2. The first-order valence-corrected chi connectivity index (χ1v) is 20.6. The molecule has 3 aromatic carbocycles. The maximum Gasteiger partial charge on any atom is 0.262 e. The molecule has 4 aliphatic heterocycles. The molecule has 4 heterocycles. The van der Waals surface area contributed by atoms with Crippen LogP contribution in [0.15, 0.2) is 54.6 Å². The summed E-state index contributed by atoms with van der Waals surface area (Å²) in [4.78, 5) is 70.4. The summed E-state index contributed by atoms with van der Waals surface area (Å²) in [6.45, 7) is 12.2. The van der Waals surface area contributed by atoms with Gasteiger partial charge in [0.05, 0.1) is 21.7 Å². The Morgan fingerprint density at radius 3 is 2.07 bits per heavy atom. The molecule has 5 amide bonds. The summed E-state index contributed by atoms with van der Waals surface area (Å²) in [5, 5.41) is 15.1. The topological polar surface area (TPSA) is 152 Å². The van der Waals surface area contributed by atoms with Crippen molar-refractivity contribution in [2.45, 2.75) is 90.4 Å². The lowest BCUT2D eigenvalue weighted by atomic mass is 9.49. The van der Waals surface area contributed by atoms with Gasteiger partial charge in [-0.1, -0.05) is 39.3 Å². The van der Waals surface area contributed by atoms with Crippen molar-refractivity contribution < 1.29 is 28.7 Å². The summed E-state index contributed by atoms with van der Waals surface area (Å²) in [6.07, 6.45) is 3.88. The molecule has 2 N–H and O–H groups in total. The van der Waals surface area contributed by atoms with E-state index in [2.05, 4.69) is 54.2 Å². The minimum Gasteiger partial charge on any atom is -0.489 e. The van der Waals surface area contributed by atoms with E-state index in [0.29, 0.717) is 39.1 Å². The number of benzene rings is 3. The van der Waals surface area contributed by atoms with Crippen LogP contribution in [0, 0.1) is 27.6 Å². The van der Waals surface area contributed by atoms with E-state index in [-0.39, 0.29) is 53.0 Å². The molecule has 12 nitrogen and oxygen atoms in total. The number of likely N-dealkylation sites (tertiary alicyclic amines) is 1. The third kappa shape index (κ3) is 6.16. The van der Waals surface area contributed by atoms with Gasteiger partial charge >= 0.3 is 0 Å². The van der Waals surface area contributed by atoms with Crippen molar-refractivity contribution >= 4 is 46.8 Å². The van der Waals surface area contributed by atoms with E-state index in [9.17, 15) is 29.2 Å². The number of hydrogen-bond acceptors (Lipinski definition) is 9. The van der Waals surface area contributed by atoms with Gasteiger partial charge in [-0.05, 0) is 91.8 Å². The standard InChI is InChI=1S/C45H47ClN6O6/c1-43(2)41(44(3,4)42(43)58-31-10-7-26(22-47)34(46)19-31)49-37(54)25-5-8-29(9-6-25)50-15-13-30(14-16-50)51-23-45(24-51)20-27-17-32-33(18-28(27)21-45)40(57)52(39(32)56)35-11-12-36(53)48-38(35)55/h5-10,17-19,30,35,41-42H,11-16,20-21,23-24H2,1-4H3,(H,49,54)(H,48,53,55). The molecule has 3 aromatic rings. The number of carbonyl (C=O) groups is 5. The fraction of sp³-hybridized carbons (Fsp3) is 0.467. The smallest absolute Gasteiger partial charge is 0.262 e. The Morgan fingerprint density at radius 1 is 0.879 bits per heavy atom. The van der Waals surface area contributed by atoms with Crippen LogP contribution in [-0.2, 0) is 22.4 Å². The molecule has 1 atom stereocenters. The first-order chi connectivity index (χ1) is 27.6. The summed E-state index contributed by atoms with van der Waals surface area (Å²) < 4.78 is 6.38. The number of imide groups is 2. The summed E-state index contributed by atoms with van der Waals surface area (Å²) in [5.74, 6) is -1.40. The molecule has 4 fully saturated rings. The zero-order valence-corrected chi connectivity index (χ0v) is 33.9. The number of nitrogens with zero attached hydrogens (tertiary/aromatic N) is 4. The molecule has 300 valence electrons. The van der Waals surface area contributed by atoms with Gasteiger partial charge in [0.25, 0.3) is 17.7 Å². The first kappa shape index (κ1) is 38.3. The Balaban J connectivity index is 0.759. The second-order valence-corrected chi connectivity index (χ2v) is 18.8. The molecule has 2 aliphatic carbocycles. The van der Waals surface area contributed by atoms with E-state index in [1.165, 1.54) is 0 Å². The number of anilines is 1. The minimum atomic E-state index is -0.957. The monoisotopic (exact) mass is 802 g/mol. The predicted molar refractivity (Wildman–Crippen MR) is 216 cm³/mol. The van der Waals surface area contributed by atoms with Crippen molar-refractivity contribution in [1.29, 1.82) is 5.26 Å². The molecule has 1 spiro atoms. The van der Waals surface area contributed by atoms with Crippen LogP contribution in [0.3, 0.4) is 0 Å². The van der Waals surface area contributed by atoms with Gasteiger partial charge in [-0.25, -0.2) is 0 Å².